The van der Waals surface area contributed by atoms with E-state index in [0.29, 0.717) is 22.7 Å². The van der Waals surface area contributed by atoms with Crippen LogP contribution in [-0.2, 0) is 6.42 Å². The number of halogens is 1. The molecule has 1 aromatic heterocycles. The Morgan fingerprint density at radius 2 is 2.08 bits per heavy atom. The molecule has 0 saturated carbocycles. The number of nitrogens with one attached hydrogen (secondary N) is 4. The summed E-state index contributed by atoms with van der Waals surface area (Å²) in [5, 5.41) is 15.4. The van der Waals surface area contributed by atoms with Crippen molar-refractivity contribution in [3.8, 4) is 0 Å². The number of aromatic nitrogens is 2. The normalized spacial score (nSPS) is 11.7. The number of carbonyl (C=O) groups excluding carboxylic acids is 2. The van der Waals surface area contributed by atoms with E-state index in [1.807, 2.05) is 19.9 Å². The van der Waals surface area contributed by atoms with Gasteiger partial charge in [0.25, 0.3) is 5.91 Å². The highest BCUT2D eigenvalue weighted by molar-refractivity contribution is 6.33. The molecule has 1 atom stereocenters. The van der Waals surface area contributed by atoms with E-state index in [0.717, 1.165) is 11.4 Å². The molecule has 7 nitrogen and oxygen atoms in total. The summed E-state index contributed by atoms with van der Waals surface area (Å²) in [4.78, 5) is 23.8. The quantitative estimate of drug-likeness (QED) is 0.667. The molecule has 4 N–H and O–H groups in total. The van der Waals surface area contributed by atoms with Gasteiger partial charge in [-0.25, -0.2) is 4.79 Å². The van der Waals surface area contributed by atoms with Crippen molar-refractivity contribution in [2.45, 2.75) is 26.3 Å². The van der Waals surface area contributed by atoms with Crippen molar-refractivity contribution in [1.82, 2.24) is 20.8 Å². The van der Waals surface area contributed by atoms with Gasteiger partial charge in [0.2, 0.25) is 0 Å². The number of hydrogen-bond acceptors (Lipinski definition) is 3. The Hall–Kier alpha value is -2.54. The molecule has 2 rings (SSSR count). The number of aromatic amines is 1. The second kappa shape index (κ2) is 7.83. The molecule has 0 aliphatic rings. The van der Waals surface area contributed by atoms with Gasteiger partial charge in [-0.15, -0.1) is 0 Å². The predicted octanol–water partition coefficient (Wildman–Crippen LogP) is 2.48. The van der Waals surface area contributed by atoms with Gasteiger partial charge in [-0.1, -0.05) is 11.6 Å². The van der Waals surface area contributed by atoms with Crippen molar-refractivity contribution in [3.63, 3.8) is 0 Å². The first-order valence-corrected chi connectivity index (χ1v) is 7.87. The molecule has 0 aliphatic carbocycles. The minimum Gasteiger partial charge on any atom is -0.355 e. The van der Waals surface area contributed by atoms with Crippen LogP contribution in [-0.4, -0.2) is 35.2 Å². The summed E-state index contributed by atoms with van der Waals surface area (Å²) in [6.45, 7) is 3.80. The molecule has 3 amide bonds. The van der Waals surface area contributed by atoms with Crippen LogP contribution in [0.4, 0.5) is 10.5 Å². The summed E-state index contributed by atoms with van der Waals surface area (Å²) >= 11 is 6.07. The van der Waals surface area contributed by atoms with Gasteiger partial charge < -0.3 is 16.0 Å². The predicted molar refractivity (Wildman–Crippen MR) is 93.5 cm³/mol. The van der Waals surface area contributed by atoms with Crippen molar-refractivity contribution in [2.75, 3.05) is 12.4 Å². The van der Waals surface area contributed by atoms with E-state index in [2.05, 4.69) is 26.1 Å². The first kappa shape index (κ1) is 17.8. The highest BCUT2D eigenvalue weighted by Gasteiger charge is 2.13. The molecule has 24 heavy (non-hydrogen) atoms. The molecule has 0 unspecified atom stereocenters. The van der Waals surface area contributed by atoms with Crippen molar-refractivity contribution in [2.24, 2.45) is 0 Å². The summed E-state index contributed by atoms with van der Waals surface area (Å²) < 4.78 is 0. The largest absolute Gasteiger partial charge is 0.355 e. The molecule has 0 spiro atoms. The van der Waals surface area contributed by atoms with Crippen LogP contribution in [0.1, 0.15) is 28.7 Å². The fourth-order valence-corrected chi connectivity index (χ4v) is 2.40. The number of aryl methyl sites for hydroxylation is 1. The highest BCUT2D eigenvalue weighted by atomic mass is 35.5. The number of rotatable bonds is 5. The molecule has 0 radical (unpaired) electrons. The first-order valence-electron chi connectivity index (χ1n) is 7.49. The number of hydrogen-bond donors (Lipinski definition) is 4. The average Bonchev–Trinajstić information content (AvgIpc) is 2.93. The smallest absolute Gasteiger partial charge is 0.319 e. The number of amides is 3. The molecule has 0 saturated heterocycles. The van der Waals surface area contributed by atoms with Crippen LogP contribution in [0.25, 0.3) is 0 Å². The topological polar surface area (TPSA) is 98.9 Å². The summed E-state index contributed by atoms with van der Waals surface area (Å²) in [5.41, 5.74) is 2.63. The van der Waals surface area contributed by atoms with Crippen LogP contribution in [0.2, 0.25) is 5.02 Å². The third kappa shape index (κ3) is 4.73. The Kier molecular flexibility index (Phi) is 5.81. The number of H-pyrrole nitrogens is 1. The maximum Gasteiger partial charge on any atom is 0.319 e. The summed E-state index contributed by atoms with van der Waals surface area (Å²) in [6.07, 6.45) is 0.601. The lowest BCUT2D eigenvalue weighted by Crippen LogP contribution is -2.37. The molecule has 1 heterocycles. The molecule has 2 aromatic rings. The van der Waals surface area contributed by atoms with Crippen molar-refractivity contribution in [3.05, 3.63) is 46.2 Å². The van der Waals surface area contributed by atoms with E-state index < -0.39 is 6.03 Å². The number of anilines is 1. The minimum absolute atomic E-state index is 0.117. The maximum absolute atomic E-state index is 12.1. The molecule has 8 heteroatoms. The highest BCUT2D eigenvalue weighted by Crippen LogP contribution is 2.23. The zero-order chi connectivity index (χ0) is 17.7. The SMILES string of the molecule is CNC(=O)c1ccc(Cl)c(NC(=O)N[C@@H](C)Cc2cc(C)[nH]n2)c1. The molecular formula is C16H20ClN5O2. The molecule has 0 fully saturated rings. The number of nitrogens with zero attached hydrogens (tertiary/aromatic N) is 1. The van der Waals surface area contributed by atoms with Crippen LogP contribution in [0, 0.1) is 6.92 Å². The van der Waals surface area contributed by atoms with Crippen LogP contribution >= 0.6 is 11.6 Å². The van der Waals surface area contributed by atoms with Crippen LogP contribution in [0.3, 0.4) is 0 Å². The second-order valence-corrected chi connectivity index (χ2v) is 5.93. The first-order chi connectivity index (χ1) is 11.4. The van der Waals surface area contributed by atoms with Crippen molar-refractivity contribution < 1.29 is 9.59 Å². The third-order valence-corrected chi connectivity index (χ3v) is 3.69. The van der Waals surface area contributed by atoms with E-state index in [1.54, 1.807) is 12.1 Å². The zero-order valence-corrected chi connectivity index (χ0v) is 14.5. The standard InChI is InChI=1S/C16H20ClN5O2/c1-9(6-12-7-10(2)21-22-12)19-16(24)20-14-8-11(15(23)18-3)4-5-13(14)17/h4-5,7-9H,6H2,1-3H3,(H,18,23)(H,21,22)(H2,19,20,24)/t9-/m0/s1. The van der Waals surface area contributed by atoms with Gasteiger partial charge in [-0.3, -0.25) is 9.89 Å². The lowest BCUT2D eigenvalue weighted by Gasteiger charge is -2.14. The van der Waals surface area contributed by atoms with Crippen molar-refractivity contribution in [1.29, 1.82) is 0 Å². The fourth-order valence-electron chi connectivity index (χ4n) is 2.23. The molecule has 1 aromatic carbocycles. The molecule has 0 aliphatic heterocycles. The Bertz CT molecular complexity index is 744. The van der Waals surface area contributed by atoms with E-state index in [9.17, 15) is 9.59 Å². The van der Waals surface area contributed by atoms with Crippen LogP contribution in [0.5, 0.6) is 0 Å². The Labute approximate surface area is 145 Å². The zero-order valence-electron chi connectivity index (χ0n) is 13.7. The van der Waals surface area contributed by atoms with Gasteiger partial charge in [0, 0.05) is 30.8 Å². The number of urea groups is 1. The van der Waals surface area contributed by atoms with E-state index in [1.165, 1.54) is 13.1 Å². The van der Waals surface area contributed by atoms with Gasteiger partial charge in [0.1, 0.15) is 0 Å². The van der Waals surface area contributed by atoms with Crippen molar-refractivity contribution >= 4 is 29.2 Å². The Balaban J connectivity index is 1.97. The fraction of sp³-hybridized carbons (Fsp3) is 0.312. The summed E-state index contributed by atoms with van der Waals surface area (Å²) in [6, 6.07) is 6.10. The maximum atomic E-state index is 12.1. The van der Waals surface area contributed by atoms with Gasteiger partial charge in [0.05, 0.1) is 16.4 Å². The van der Waals surface area contributed by atoms with Crippen LogP contribution in [0.15, 0.2) is 24.3 Å². The lowest BCUT2D eigenvalue weighted by molar-refractivity contribution is 0.0963. The minimum atomic E-state index is -0.397. The van der Waals surface area contributed by atoms with E-state index in [4.69, 9.17) is 11.6 Å². The van der Waals surface area contributed by atoms with Crippen LogP contribution < -0.4 is 16.0 Å². The summed E-state index contributed by atoms with van der Waals surface area (Å²) in [5.74, 6) is -0.252. The number of benzene rings is 1. The molecule has 0 bridgehead atoms. The Morgan fingerprint density at radius 1 is 1.33 bits per heavy atom. The average molecular weight is 350 g/mol. The number of carbonyl (C=O) groups is 2. The molecular weight excluding hydrogens is 330 g/mol. The lowest BCUT2D eigenvalue weighted by atomic mass is 10.2. The monoisotopic (exact) mass is 349 g/mol. The van der Waals surface area contributed by atoms with Gasteiger partial charge >= 0.3 is 6.03 Å². The van der Waals surface area contributed by atoms with E-state index in [-0.39, 0.29) is 11.9 Å². The Morgan fingerprint density at radius 3 is 2.71 bits per heavy atom. The van der Waals surface area contributed by atoms with Gasteiger partial charge in [0.15, 0.2) is 0 Å². The summed E-state index contributed by atoms with van der Waals surface area (Å²) in [7, 11) is 1.54. The second-order valence-electron chi connectivity index (χ2n) is 5.52. The molecule has 128 valence electrons. The van der Waals surface area contributed by atoms with E-state index >= 15 is 0 Å². The third-order valence-electron chi connectivity index (χ3n) is 3.36. The van der Waals surface area contributed by atoms with Gasteiger partial charge in [-0.05, 0) is 38.1 Å². The van der Waals surface area contributed by atoms with Gasteiger partial charge in [-0.2, -0.15) is 5.10 Å².